The number of anilines is 1. The molecule has 1 saturated heterocycles. The summed E-state index contributed by atoms with van der Waals surface area (Å²) in [5.74, 6) is -0.472. The van der Waals surface area contributed by atoms with E-state index in [9.17, 15) is 14.4 Å². The van der Waals surface area contributed by atoms with E-state index in [1.54, 1.807) is 32.0 Å². The fraction of sp³-hybridized carbons (Fsp3) is 0.294. The summed E-state index contributed by atoms with van der Waals surface area (Å²) in [5, 5.41) is 3.80. The van der Waals surface area contributed by atoms with Crippen LogP contribution in [0, 0.1) is 13.8 Å². The van der Waals surface area contributed by atoms with E-state index in [1.807, 2.05) is 0 Å². The first kappa shape index (κ1) is 15.9. The van der Waals surface area contributed by atoms with Crippen molar-refractivity contribution in [3.63, 3.8) is 0 Å². The van der Waals surface area contributed by atoms with Crippen molar-refractivity contribution in [2.24, 2.45) is 0 Å². The number of nitrogens with zero attached hydrogens (tertiary/aromatic N) is 2. The molecule has 24 heavy (non-hydrogen) atoms. The Kier molecular flexibility index (Phi) is 4.16. The Balaban J connectivity index is 1.75. The van der Waals surface area contributed by atoms with Gasteiger partial charge < -0.3 is 9.26 Å². The van der Waals surface area contributed by atoms with Gasteiger partial charge in [-0.2, -0.15) is 0 Å². The van der Waals surface area contributed by atoms with Gasteiger partial charge >= 0.3 is 5.97 Å². The largest absolute Gasteiger partial charge is 0.457 e. The average Bonchev–Trinajstić information content (AvgIpc) is 3.07. The van der Waals surface area contributed by atoms with Crippen molar-refractivity contribution in [1.29, 1.82) is 0 Å². The second-order valence-corrected chi connectivity index (χ2v) is 5.55. The predicted octanol–water partition coefficient (Wildman–Crippen LogP) is 2.30. The highest BCUT2D eigenvalue weighted by Crippen LogP contribution is 2.24. The first-order valence-corrected chi connectivity index (χ1v) is 7.52. The summed E-state index contributed by atoms with van der Waals surface area (Å²) >= 11 is 0. The van der Waals surface area contributed by atoms with E-state index >= 15 is 0 Å². The zero-order chi connectivity index (χ0) is 17.3. The van der Waals surface area contributed by atoms with Crippen LogP contribution < -0.4 is 4.90 Å². The molecule has 7 nitrogen and oxygen atoms in total. The quantitative estimate of drug-likeness (QED) is 0.632. The molecule has 124 valence electrons. The molecule has 2 amide bonds. The van der Waals surface area contributed by atoms with E-state index in [0.29, 0.717) is 17.1 Å². The number of hydrogen-bond donors (Lipinski definition) is 0. The van der Waals surface area contributed by atoms with Gasteiger partial charge in [0.05, 0.1) is 22.5 Å². The van der Waals surface area contributed by atoms with Gasteiger partial charge in [0, 0.05) is 12.8 Å². The molecule has 0 unspecified atom stereocenters. The number of aryl methyl sites for hydroxylation is 2. The number of carbonyl (C=O) groups is 3. The van der Waals surface area contributed by atoms with Gasteiger partial charge in [-0.25, -0.2) is 4.79 Å². The van der Waals surface area contributed by atoms with Crippen molar-refractivity contribution in [2.45, 2.75) is 33.3 Å². The fourth-order valence-corrected chi connectivity index (χ4v) is 2.57. The normalized spacial score (nSPS) is 14.3. The van der Waals surface area contributed by atoms with Crippen molar-refractivity contribution in [1.82, 2.24) is 5.16 Å². The summed E-state index contributed by atoms with van der Waals surface area (Å²) in [6, 6.07) is 6.29. The Bertz CT molecular complexity index is 789. The molecule has 1 aromatic heterocycles. The second-order valence-electron chi connectivity index (χ2n) is 5.55. The number of carbonyl (C=O) groups excluding carboxylic acids is 3. The first-order valence-electron chi connectivity index (χ1n) is 7.52. The van der Waals surface area contributed by atoms with Crippen molar-refractivity contribution in [3.05, 3.63) is 46.8 Å². The molecule has 1 fully saturated rings. The molecular weight excluding hydrogens is 312 g/mol. The number of amides is 2. The molecule has 0 saturated carbocycles. The van der Waals surface area contributed by atoms with Crippen LogP contribution in [0.5, 0.6) is 0 Å². The van der Waals surface area contributed by atoms with Crippen molar-refractivity contribution < 1.29 is 23.6 Å². The Morgan fingerprint density at radius 3 is 2.58 bits per heavy atom. The number of imide groups is 1. The van der Waals surface area contributed by atoms with Crippen LogP contribution in [0.15, 0.2) is 28.8 Å². The molecule has 0 atom stereocenters. The Morgan fingerprint density at radius 2 is 1.96 bits per heavy atom. The highest BCUT2D eigenvalue weighted by atomic mass is 16.5. The second kappa shape index (κ2) is 6.27. The molecule has 0 N–H and O–H groups in total. The Hall–Kier alpha value is -2.96. The standard InChI is InChI=1S/C17H16N2O5/c1-10-14(11(2)24-18-10)9-23-17(22)12-4-3-5-13(8-12)19-15(20)6-7-16(19)21/h3-5,8H,6-7,9H2,1-2H3. The molecule has 3 rings (SSSR count). The van der Waals surface area contributed by atoms with Gasteiger partial charge in [0.25, 0.3) is 0 Å². The number of esters is 1. The van der Waals surface area contributed by atoms with Gasteiger partial charge in [-0.3, -0.25) is 14.5 Å². The van der Waals surface area contributed by atoms with Crippen LogP contribution in [0.3, 0.4) is 0 Å². The number of aromatic nitrogens is 1. The zero-order valence-corrected chi connectivity index (χ0v) is 13.4. The summed E-state index contributed by atoms with van der Waals surface area (Å²) in [4.78, 5) is 36.9. The number of rotatable bonds is 4. The van der Waals surface area contributed by atoms with Crippen molar-refractivity contribution in [2.75, 3.05) is 4.90 Å². The molecule has 0 spiro atoms. The maximum absolute atomic E-state index is 12.2. The molecule has 0 bridgehead atoms. The van der Waals surface area contributed by atoms with Gasteiger partial charge in [-0.15, -0.1) is 0 Å². The van der Waals surface area contributed by atoms with Crippen LogP contribution in [-0.4, -0.2) is 22.9 Å². The molecular formula is C17H16N2O5. The van der Waals surface area contributed by atoms with E-state index in [1.165, 1.54) is 6.07 Å². The lowest BCUT2D eigenvalue weighted by Gasteiger charge is -2.14. The topological polar surface area (TPSA) is 89.7 Å². The maximum atomic E-state index is 12.2. The third kappa shape index (κ3) is 2.92. The molecule has 1 aliphatic heterocycles. The Labute approximate surface area is 138 Å². The lowest BCUT2D eigenvalue weighted by Crippen LogP contribution is -2.28. The lowest BCUT2D eigenvalue weighted by atomic mass is 10.2. The molecule has 1 aromatic carbocycles. The minimum absolute atomic E-state index is 0.0474. The van der Waals surface area contributed by atoms with E-state index in [2.05, 4.69) is 5.16 Å². The van der Waals surface area contributed by atoms with E-state index in [4.69, 9.17) is 9.26 Å². The van der Waals surface area contributed by atoms with Gasteiger partial charge in [-0.1, -0.05) is 11.2 Å². The molecule has 2 heterocycles. The van der Waals surface area contributed by atoms with E-state index < -0.39 is 5.97 Å². The number of ether oxygens (including phenoxy) is 1. The Morgan fingerprint density at radius 1 is 1.25 bits per heavy atom. The maximum Gasteiger partial charge on any atom is 0.338 e. The zero-order valence-electron chi connectivity index (χ0n) is 13.4. The van der Waals surface area contributed by atoms with Crippen LogP contribution in [0.4, 0.5) is 5.69 Å². The lowest BCUT2D eigenvalue weighted by molar-refractivity contribution is -0.121. The number of hydrogen-bond acceptors (Lipinski definition) is 6. The molecule has 0 aliphatic carbocycles. The smallest absolute Gasteiger partial charge is 0.338 e. The van der Waals surface area contributed by atoms with Crippen LogP contribution >= 0.6 is 0 Å². The highest BCUT2D eigenvalue weighted by molar-refractivity contribution is 6.20. The summed E-state index contributed by atoms with van der Waals surface area (Å²) in [6.45, 7) is 3.56. The molecule has 1 aliphatic rings. The summed E-state index contributed by atoms with van der Waals surface area (Å²) in [5.41, 5.74) is 2.05. The minimum atomic E-state index is -0.545. The summed E-state index contributed by atoms with van der Waals surface area (Å²) < 4.78 is 10.3. The average molecular weight is 328 g/mol. The molecule has 2 aromatic rings. The van der Waals surface area contributed by atoms with Gasteiger partial charge in [0.1, 0.15) is 12.4 Å². The van der Waals surface area contributed by atoms with Gasteiger partial charge in [0.15, 0.2) is 0 Å². The van der Waals surface area contributed by atoms with Crippen molar-refractivity contribution in [3.8, 4) is 0 Å². The van der Waals surface area contributed by atoms with Crippen LogP contribution in [0.25, 0.3) is 0 Å². The summed E-state index contributed by atoms with van der Waals surface area (Å²) in [6.07, 6.45) is 0.388. The minimum Gasteiger partial charge on any atom is -0.457 e. The van der Waals surface area contributed by atoms with Crippen LogP contribution in [-0.2, 0) is 20.9 Å². The molecule has 7 heteroatoms. The SMILES string of the molecule is Cc1noc(C)c1COC(=O)c1cccc(N2C(=O)CCC2=O)c1. The fourth-order valence-electron chi connectivity index (χ4n) is 2.57. The van der Waals surface area contributed by atoms with Crippen LogP contribution in [0.2, 0.25) is 0 Å². The van der Waals surface area contributed by atoms with Gasteiger partial charge in [0.2, 0.25) is 11.8 Å². The van der Waals surface area contributed by atoms with Crippen LogP contribution in [0.1, 0.15) is 40.2 Å². The predicted molar refractivity (Wildman–Crippen MR) is 83.3 cm³/mol. The third-order valence-electron chi connectivity index (χ3n) is 3.92. The van der Waals surface area contributed by atoms with E-state index in [0.717, 1.165) is 10.5 Å². The van der Waals surface area contributed by atoms with Crippen molar-refractivity contribution >= 4 is 23.5 Å². The highest BCUT2D eigenvalue weighted by Gasteiger charge is 2.30. The summed E-state index contributed by atoms with van der Waals surface area (Å²) in [7, 11) is 0. The molecule has 0 radical (unpaired) electrons. The number of benzene rings is 1. The first-order chi connectivity index (χ1) is 11.5. The van der Waals surface area contributed by atoms with Gasteiger partial charge in [-0.05, 0) is 32.0 Å². The monoisotopic (exact) mass is 328 g/mol. The van der Waals surface area contributed by atoms with E-state index in [-0.39, 0.29) is 36.8 Å². The third-order valence-corrected chi connectivity index (χ3v) is 3.92.